The Hall–Kier alpha value is -2.09. The standard InChI is InChI=1S/C18H17BO/c1-4-15(14-10-9-12(2)18(19)11-14)17-8-6-5-7-16(17)13(3)20/h4-11H,1-3H3/b15-4-. The van der Waals surface area contributed by atoms with Crippen molar-refractivity contribution in [2.75, 3.05) is 0 Å². The Balaban J connectivity index is 2.59. The van der Waals surface area contributed by atoms with E-state index in [9.17, 15) is 4.79 Å². The van der Waals surface area contributed by atoms with Crippen LogP contribution in [0.15, 0.2) is 48.5 Å². The highest BCUT2D eigenvalue weighted by Gasteiger charge is 2.12. The Bertz CT molecular complexity index is 684. The number of ketones is 1. The van der Waals surface area contributed by atoms with Crippen molar-refractivity contribution in [2.45, 2.75) is 20.8 Å². The van der Waals surface area contributed by atoms with Gasteiger partial charge in [0.1, 0.15) is 7.85 Å². The van der Waals surface area contributed by atoms with Gasteiger partial charge in [0.2, 0.25) is 0 Å². The van der Waals surface area contributed by atoms with Crippen LogP contribution < -0.4 is 5.46 Å². The van der Waals surface area contributed by atoms with Gasteiger partial charge in [-0.05, 0) is 37.5 Å². The number of hydrogen-bond donors (Lipinski definition) is 0. The van der Waals surface area contributed by atoms with Gasteiger partial charge in [-0.1, -0.05) is 59.6 Å². The van der Waals surface area contributed by atoms with Crippen LogP contribution in [0.5, 0.6) is 0 Å². The van der Waals surface area contributed by atoms with E-state index in [2.05, 4.69) is 0 Å². The van der Waals surface area contributed by atoms with Crippen molar-refractivity contribution in [1.82, 2.24) is 0 Å². The molecule has 20 heavy (non-hydrogen) atoms. The first-order valence-electron chi connectivity index (χ1n) is 6.67. The molecule has 2 heteroatoms. The van der Waals surface area contributed by atoms with Gasteiger partial charge in [-0.3, -0.25) is 4.79 Å². The number of carbonyl (C=O) groups is 1. The molecular weight excluding hydrogens is 243 g/mol. The van der Waals surface area contributed by atoms with E-state index in [0.29, 0.717) is 0 Å². The smallest absolute Gasteiger partial charge is 0.160 e. The van der Waals surface area contributed by atoms with Crippen molar-refractivity contribution < 1.29 is 4.79 Å². The molecule has 2 aromatic rings. The molecule has 0 heterocycles. The average Bonchev–Trinajstić information content (AvgIpc) is 2.44. The van der Waals surface area contributed by atoms with E-state index >= 15 is 0 Å². The summed E-state index contributed by atoms with van der Waals surface area (Å²) in [6.07, 6.45) is 2.02. The van der Waals surface area contributed by atoms with Gasteiger partial charge in [-0.15, -0.1) is 0 Å². The minimum Gasteiger partial charge on any atom is -0.294 e. The molecule has 2 radical (unpaired) electrons. The second-order valence-electron chi connectivity index (χ2n) is 4.88. The first-order valence-corrected chi connectivity index (χ1v) is 6.67. The predicted molar refractivity (Wildman–Crippen MR) is 85.8 cm³/mol. The van der Waals surface area contributed by atoms with Gasteiger partial charge in [0.15, 0.2) is 5.78 Å². The monoisotopic (exact) mass is 260 g/mol. The molecule has 1 nitrogen and oxygen atoms in total. The fourth-order valence-electron chi connectivity index (χ4n) is 2.31. The fourth-order valence-corrected chi connectivity index (χ4v) is 2.31. The lowest BCUT2D eigenvalue weighted by Crippen LogP contribution is -2.08. The molecule has 0 saturated carbocycles. The summed E-state index contributed by atoms with van der Waals surface area (Å²) < 4.78 is 0. The van der Waals surface area contributed by atoms with Crippen LogP contribution in [0.25, 0.3) is 5.57 Å². The minimum atomic E-state index is 0.0695. The van der Waals surface area contributed by atoms with Crippen LogP contribution in [0.3, 0.4) is 0 Å². The topological polar surface area (TPSA) is 17.1 Å². The number of aryl methyl sites for hydroxylation is 1. The summed E-state index contributed by atoms with van der Waals surface area (Å²) >= 11 is 0. The number of rotatable bonds is 3. The Morgan fingerprint density at radius 1 is 1.10 bits per heavy atom. The van der Waals surface area contributed by atoms with E-state index < -0.39 is 0 Å². The van der Waals surface area contributed by atoms with Gasteiger partial charge in [0, 0.05) is 5.56 Å². The van der Waals surface area contributed by atoms with E-state index in [-0.39, 0.29) is 5.78 Å². The zero-order valence-corrected chi connectivity index (χ0v) is 12.1. The van der Waals surface area contributed by atoms with Crippen LogP contribution in [-0.4, -0.2) is 13.6 Å². The normalized spacial score (nSPS) is 11.4. The first kappa shape index (κ1) is 14.3. The van der Waals surface area contributed by atoms with E-state index in [0.717, 1.165) is 33.3 Å². The van der Waals surface area contributed by atoms with Gasteiger partial charge in [-0.25, -0.2) is 0 Å². The van der Waals surface area contributed by atoms with Crippen molar-refractivity contribution in [3.63, 3.8) is 0 Å². The molecule has 98 valence electrons. The summed E-state index contributed by atoms with van der Waals surface area (Å²) in [4.78, 5) is 11.8. The molecule has 0 fully saturated rings. The molecule has 0 saturated heterocycles. The summed E-state index contributed by atoms with van der Waals surface area (Å²) in [5.74, 6) is 0.0695. The van der Waals surface area contributed by atoms with Crippen molar-refractivity contribution in [2.24, 2.45) is 0 Å². The molecule has 0 unspecified atom stereocenters. The lowest BCUT2D eigenvalue weighted by molar-refractivity contribution is 0.101. The van der Waals surface area contributed by atoms with Gasteiger partial charge < -0.3 is 0 Å². The summed E-state index contributed by atoms with van der Waals surface area (Å²) in [5, 5.41) is 0. The molecule has 0 bridgehead atoms. The molecule has 0 aliphatic heterocycles. The van der Waals surface area contributed by atoms with Crippen molar-refractivity contribution in [1.29, 1.82) is 0 Å². The Kier molecular flexibility index (Phi) is 4.24. The third kappa shape index (κ3) is 2.74. The van der Waals surface area contributed by atoms with Crippen LogP contribution in [0, 0.1) is 6.92 Å². The molecule has 0 spiro atoms. The molecule has 0 amide bonds. The maximum absolute atomic E-state index is 11.8. The number of carbonyl (C=O) groups excluding carboxylic acids is 1. The van der Waals surface area contributed by atoms with Gasteiger partial charge >= 0.3 is 0 Å². The van der Waals surface area contributed by atoms with E-state index in [1.165, 1.54) is 0 Å². The molecule has 2 aromatic carbocycles. The second-order valence-corrected chi connectivity index (χ2v) is 4.88. The molecule has 2 rings (SSSR count). The van der Waals surface area contributed by atoms with Crippen LogP contribution in [0.1, 0.15) is 40.9 Å². The number of hydrogen-bond acceptors (Lipinski definition) is 1. The molecular formula is C18H17BO. The van der Waals surface area contributed by atoms with Crippen molar-refractivity contribution >= 4 is 24.7 Å². The molecule has 0 aromatic heterocycles. The highest BCUT2D eigenvalue weighted by molar-refractivity contribution is 6.33. The van der Waals surface area contributed by atoms with Gasteiger partial charge in [0.25, 0.3) is 0 Å². The highest BCUT2D eigenvalue weighted by Crippen LogP contribution is 2.26. The van der Waals surface area contributed by atoms with Gasteiger partial charge in [0.05, 0.1) is 0 Å². The summed E-state index contributed by atoms with van der Waals surface area (Å²) in [7, 11) is 5.99. The molecule has 0 N–H and O–H groups in total. The Morgan fingerprint density at radius 2 is 1.75 bits per heavy atom. The summed E-state index contributed by atoms with van der Waals surface area (Å²) in [5.41, 5.74) is 5.57. The lowest BCUT2D eigenvalue weighted by Gasteiger charge is -2.13. The number of allylic oxidation sites excluding steroid dienone is 1. The number of benzene rings is 2. The van der Waals surface area contributed by atoms with Crippen LogP contribution >= 0.6 is 0 Å². The zero-order chi connectivity index (χ0) is 14.7. The lowest BCUT2D eigenvalue weighted by atomic mass is 9.85. The van der Waals surface area contributed by atoms with E-state index in [1.54, 1.807) is 6.92 Å². The highest BCUT2D eigenvalue weighted by atomic mass is 16.1. The summed E-state index contributed by atoms with van der Waals surface area (Å²) in [6, 6.07) is 13.7. The summed E-state index contributed by atoms with van der Waals surface area (Å²) in [6.45, 7) is 5.55. The van der Waals surface area contributed by atoms with E-state index in [1.807, 2.05) is 62.4 Å². The van der Waals surface area contributed by atoms with Crippen molar-refractivity contribution in [3.8, 4) is 0 Å². The Labute approximate surface area is 121 Å². The van der Waals surface area contributed by atoms with Crippen LogP contribution in [0.2, 0.25) is 0 Å². The van der Waals surface area contributed by atoms with Gasteiger partial charge in [-0.2, -0.15) is 0 Å². The molecule has 0 aliphatic rings. The van der Waals surface area contributed by atoms with Crippen LogP contribution in [-0.2, 0) is 0 Å². The molecule has 0 aliphatic carbocycles. The third-order valence-corrected chi connectivity index (χ3v) is 3.48. The fraction of sp³-hybridized carbons (Fsp3) is 0.167. The first-order chi connectivity index (χ1) is 9.54. The maximum atomic E-state index is 11.8. The quantitative estimate of drug-likeness (QED) is 0.610. The number of Topliss-reactive ketones (excluding diaryl/α,β-unsaturated/α-hetero) is 1. The third-order valence-electron chi connectivity index (χ3n) is 3.48. The van der Waals surface area contributed by atoms with Crippen LogP contribution in [0.4, 0.5) is 0 Å². The zero-order valence-electron chi connectivity index (χ0n) is 12.1. The minimum absolute atomic E-state index is 0.0695. The molecule has 0 atom stereocenters. The SMILES string of the molecule is [B]c1cc(/C(=C/C)c2ccccc2C(C)=O)ccc1C. The van der Waals surface area contributed by atoms with Crippen molar-refractivity contribution in [3.05, 3.63) is 70.8 Å². The Morgan fingerprint density at radius 3 is 2.30 bits per heavy atom. The van der Waals surface area contributed by atoms with E-state index in [4.69, 9.17) is 7.85 Å². The predicted octanol–water partition coefficient (Wildman–Crippen LogP) is 3.44. The average molecular weight is 260 g/mol. The largest absolute Gasteiger partial charge is 0.294 e. The second kappa shape index (κ2) is 5.91. The maximum Gasteiger partial charge on any atom is 0.160 e.